The Labute approximate surface area is 244 Å². The van der Waals surface area contributed by atoms with E-state index in [1.165, 1.54) is 4.31 Å². The molecule has 6 rings (SSSR count). The average molecular weight is 591 g/mol. The Morgan fingerprint density at radius 3 is 2.81 bits per heavy atom. The van der Waals surface area contributed by atoms with Crippen molar-refractivity contribution in [3.05, 3.63) is 76.5 Å². The van der Waals surface area contributed by atoms with Crippen LogP contribution in [0, 0.1) is 13.8 Å². The highest BCUT2D eigenvalue weighted by atomic mass is 32.2. The van der Waals surface area contributed by atoms with E-state index in [1.807, 2.05) is 60.7 Å². The molecular weight excluding hydrogens is 556 g/mol. The number of hydrogen-bond acceptors (Lipinski definition) is 8. The molecule has 2 aliphatic heterocycles. The van der Waals surface area contributed by atoms with Crippen molar-refractivity contribution in [2.24, 2.45) is 0 Å². The van der Waals surface area contributed by atoms with Gasteiger partial charge in [0, 0.05) is 38.3 Å². The molecule has 0 saturated carbocycles. The second-order valence-electron chi connectivity index (χ2n) is 10.9. The molecule has 1 N–H and O–H groups in total. The van der Waals surface area contributed by atoms with Gasteiger partial charge in [0.25, 0.3) is 0 Å². The normalized spacial score (nSPS) is 19.2. The fraction of sp³-hybridized carbons (Fsp3) is 0.400. The number of aliphatic carboxylic acids is 1. The quantitative estimate of drug-likeness (QED) is 0.344. The van der Waals surface area contributed by atoms with Crippen LogP contribution in [-0.2, 0) is 32.6 Å². The summed E-state index contributed by atoms with van der Waals surface area (Å²) in [4.78, 5) is 18.8. The third-order valence-corrected chi connectivity index (χ3v) is 10.3. The molecule has 220 valence electrons. The molecule has 0 bridgehead atoms. The van der Waals surface area contributed by atoms with Crippen molar-refractivity contribution in [2.45, 2.75) is 57.1 Å². The first-order chi connectivity index (χ1) is 20.2. The fourth-order valence-electron chi connectivity index (χ4n) is 6.15. The zero-order valence-corrected chi connectivity index (χ0v) is 24.7. The topological polar surface area (TPSA) is 131 Å². The number of hydrogen-bond donors (Lipinski definition) is 1. The summed E-state index contributed by atoms with van der Waals surface area (Å²) in [5.74, 6) is -0.910. The molecule has 1 fully saturated rings. The number of pyridine rings is 1. The molecule has 2 aromatic heterocycles. The minimum absolute atomic E-state index is 0.119. The summed E-state index contributed by atoms with van der Waals surface area (Å²) in [5, 5.41) is 18.5. The maximum Gasteiger partial charge on any atom is 0.304 e. The second-order valence-corrected chi connectivity index (χ2v) is 12.8. The number of sulfonamides is 1. The summed E-state index contributed by atoms with van der Waals surface area (Å²) >= 11 is 0. The number of aromatic nitrogens is 4. The molecule has 12 heteroatoms. The van der Waals surface area contributed by atoms with Crippen molar-refractivity contribution in [3.8, 4) is 0 Å². The van der Waals surface area contributed by atoms with Crippen molar-refractivity contribution in [1.29, 1.82) is 0 Å². The Morgan fingerprint density at radius 2 is 2.02 bits per heavy atom. The molecule has 2 atom stereocenters. The molecule has 0 aliphatic carbocycles. The van der Waals surface area contributed by atoms with Gasteiger partial charge in [0.2, 0.25) is 10.0 Å². The van der Waals surface area contributed by atoms with E-state index in [2.05, 4.69) is 15.3 Å². The van der Waals surface area contributed by atoms with Gasteiger partial charge in [-0.1, -0.05) is 29.5 Å². The summed E-state index contributed by atoms with van der Waals surface area (Å²) < 4.78 is 37.0. The van der Waals surface area contributed by atoms with Crippen molar-refractivity contribution in [3.63, 3.8) is 0 Å². The second kappa shape index (κ2) is 11.1. The molecular formula is C30H34N6O5S. The zero-order chi connectivity index (χ0) is 29.6. The van der Waals surface area contributed by atoms with Crippen LogP contribution in [-0.4, -0.2) is 76.1 Å². The summed E-state index contributed by atoms with van der Waals surface area (Å²) in [7, 11) is -3.87. The minimum Gasteiger partial charge on any atom is -0.481 e. The first-order valence-corrected chi connectivity index (χ1v) is 15.6. The van der Waals surface area contributed by atoms with Crippen molar-refractivity contribution < 1.29 is 23.1 Å². The standard InChI is InChI=1S/C30H34N6O5S/c1-4-36-26-10-9-24(20(3)29(26)32-33-36)25(15-28(37)38)21-8-7-19(2)22(14-21)16-34-17-23-18-41-13-12-35(23)30-27(42(34,39)40)6-5-11-31-30/h5-11,14,23,25H,4,12-13,15-18H2,1-3H3,(H,37,38)/t23-,25+/m0/s1. The molecule has 2 aromatic carbocycles. The Morgan fingerprint density at radius 1 is 1.19 bits per heavy atom. The lowest BCUT2D eigenvalue weighted by molar-refractivity contribution is -0.137. The van der Waals surface area contributed by atoms with Gasteiger partial charge in [-0.2, -0.15) is 4.31 Å². The maximum absolute atomic E-state index is 14.0. The largest absolute Gasteiger partial charge is 0.481 e. The van der Waals surface area contributed by atoms with E-state index in [0.717, 1.165) is 38.9 Å². The van der Waals surface area contributed by atoms with Crippen LogP contribution in [0.3, 0.4) is 0 Å². The Bertz CT molecular complexity index is 1770. The predicted molar refractivity (Wildman–Crippen MR) is 157 cm³/mol. The number of ether oxygens (including phenoxy) is 1. The van der Waals surface area contributed by atoms with Crippen LogP contribution in [0.1, 0.15) is 47.1 Å². The molecule has 2 aliphatic rings. The van der Waals surface area contributed by atoms with E-state index in [9.17, 15) is 18.3 Å². The molecule has 4 heterocycles. The summed E-state index contributed by atoms with van der Waals surface area (Å²) in [6, 6.07) is 12.8. The van der Waals surface area contributed by atoms with Crippen LogP contribution in [0.2, 0.25) is 0 Å². The zero-order valence-electron chi connectivity index (χ0n) is 23.9. The van der Waals surface area contributed by atoms with Gasteiger partial charge >= 0.3 is 5.97 Å². The van der Waals surface area contributed by atoms with Gasteiger partial charge in [0.15, 0.2) is 0 Å². The number of morpholine rings is 1. The van der Waals surface area contributed by atoms with Crippen LogP contribution in [0.4, 0.5) is 5.82 Å². The lowest BCUT2D eigenvalue weighted by atomic mass is 9.84. The van der Waals surface area contributed by atoms with Gasteiger partial charge in [0.05, 0.1) is 31.2 Å². The van der Waals surface area contributed by atoms with E-state index in [1.54, 1.807) is 18.3 Å². The SMILES string of the molecule is CCn1nnc2c(C)c([C@H](CC(=O)O)c3ccc(C)c(CN4C[C@H]5COCCN5c5ncccc5S4(=O)=O)c3)ccc21. The third-order valence-electron chi connectivity index (χ3n) is 8.44. The van der Waals surface area contributed by atoms with Gasteiger partial charge in [-0.15, -0.1) is 5.10 Å². The molecule has 0 spiro atoms. The lowest BCUT2D eigenvalue weighted by Gasteiger charge is -2.36. The molecule has 42 heavy (non-hydrogen) atoms. The van der Waals surface area contributed by atoms with Gasteiger partial charge < -0.3 is 14.7 Å². The first-order valence-electron chi connectivity index (χ1n) is 14.1. The molecule has 1 saturated heterocycles. The van der Waals surface area contributed by atoms with Gasteiger partial charge in [-0.3, -0.25) is 4.79 Å². The van der Waals surface area contributed by atoms with Crippen molar-refractivity contribution in [2.75, 3.05) is 31.2 Å². The van der Waals surface area contributed by atoms with Crippen LogP contribution in [0.15, 0.2) is 53.6 Å². The van der Waals surface area contributed by atoms with Crippen LogP contribution in [0.25, 0.3) is 11.0 Å². The number of anilines is 1. The van der Waals surface area contributed by atoms with Crippen molar-refractivity contribution in [1.82, 2.24) is 24.3 Å². The van der Waals surface area contributed by atoms with Crippen LogP contribution >= 0.6 is 0 Å². The van der Waals surface area contributed by atoms with Gasteiger partial charge in [0.1, 0.15) is 16.2 Å². The van der Waals surface area contributed by atoms with E-state index in [-0.39, 0.29) is 30.4 Å². The third kappa shape index (κ3) is 4.93. The van der Waals surface area contributed by atoms with E-state index >= 15 is 0 Å². The van der Waals surface area contributed by atoms with E-state index in [4.69, 9.17) is 4.74 Å². The molecule has 0 amide bonds. The highest BCUT2D eigenvalue weighted by Crippen LogP contribution is 2.36. The highest BCUT2D eigenvalue weighted by molar-refractivity contribution is 7.89. The van der Waals surface area contributed by atoms with Gasteiger partial charge in [-0.25, -0.2) is 18.1 Å². The number of nitrogens with zero attached hydrogens (tertiary/aromatic N) is 6. The smallest absolute Gasteiger partial charge is 0.304 e. The molecule has 0 radical (unpaired) electrons. The predicted octanol–water partition coefficient (Wildman–Crippen LogP) is 3.48. The number of carboxylic acids is 1. The summed E-state index contributed by atoms with van der Waals surface area (Å²) in [6.45, 7) is 8.46. The number of aryl methyl sites for hydroxylation is 3. The highest BCUT2D eigenvalue weighted by Gasteiger charge is 2.39. The fourth-order valence-corrected chi connectivity index (χ4v) is 7.76. The number of rotatable bonds is 7. The molecule has 0 unspecified atom stereocenters. The van der Waals surface area contributed by atoms with Crippen molar-refractivity contribution >= 4 is 32.8 Å². The molecule has 11 nitrogen and oxygen atoms in total. The van der Waals surface area contributed by atoms with E-state index < -0.39 is 21.9 Å². The number of carboxylic acid groups (broad SMARTS) is 1. The maximum atomic E-state index is 14.0. The molecule has 4 aromatic rings. The number of benzene rings is 2. The van der Waals surface area contributed by atoms with E-state index in [0.29, 0.717) is 32.1 Å². The summed E-state index contributed by atoms with van der Waals surface area (Å²) in [6.07, 6.45) is 1.50. The van der Waals surface area contributed by atoms with Crippen LogP contribution in [0.5, 0.6) is 0 Å². The van der Waals surface area contributed by atoms with Gasteiger partial charge in [-0.05, 0) is 66.8 Å². The Balaban J connectivity index is 1.40. The Kier molecular flexibility index (Phi) is 7.46. The lowest BCUT2D eigenvalue weighted by Crippen LogP contribution is -2.50. The van der Waals surface area contributed by atoms with Crippen LogP contribution < -0.4 is 4.90 Å². The Hall–Kier alpha value is -3.87. The average Bonchev–Trinajstić information content (AvgIpc) is 3.38. The minimum atomic E-state index is -3.87. The number of fused-ring (bicyclic) bond motifs is 4. The monoisotopic (exact) mass is 590 g/mol. The first kappa shape index (κ1) is 28.3. The summed E-state index contributed by atoms with van der Waals surface area (Å²) in [5.41, 5.74) is 5.95. The number of carbonyl (C=O) groups is 1.